The van der Waals surface area contributed by atoms with E-state index in [2.05, 4.69) is 9.97 Å². The molecule has 0 unspecified atom stereocenters. The molecule has 2 atom stereocenters. The van der Waals surface area contributed by atoms with Crippen molar-refractivity contribution in [3.05, 3.63) is 47.4 Å². The van der Waals surface area contributed by atoms with Gasteiger partial charge in [-0.25, -0.2) is 27.1 Å². The van der Waals surface area contributed by atoms with E-state index >= 15 is 0 Å². The minimum atomic E-state index is -3.62. The minimum Gasteiger partial charge on any atom is -0.394 e. The lowest BCUT2D eigenvalue weighted by atomic mass is 9.97. The van der Waals surface area contributed by atoms with Crippen LogP contribution in [0.4, 0.5) is 10.3 Å². The third kappa shape index (κ3) is 6.54. The van der Waals surface area contributed by atoms with E-state index in [0.29, 0.717) is 22.5 Å². The summed E-state index contributed by atoms with van der Waals surface area (Å²) in [5.74, 6) is -0.589. The maximum atomic E-state index is 13.5. The molecule has 0 amide bonds. The number of nitrogens with zero attached hydrogens (tertiary/aromatic N) is 3. The molecule has 0 aliphatic carbocycles. The van der Waals surface area contributed by atoms with Crippen molar-refractivity contribution in [2.45, 2.75) is 38.4 Å². The topological polar surface area (TPSA) is 124 Å². The molecule has 0 saturated heterocycles. The molecular formula is C21H28FN3O5S. The fourth-order valence-electron chi connectivity index (χ4n) is 2.84. The van der Waals surface area contributed by atoms with Crippen LogP contribution in [0, 0.1) is 5.82 Å². The highest BCUT2D eigenvalue weighted by molar-refractivity contribution is 7.92. The van der Waals surface area contributed by atoms with Gasteiger partial charge in [0.05, 0.1) is 36.5 Å². The number of benzene rings is 1. The summed E-state index contributed by atoms with van der Waals surface area (Å²) < 4.78 is 38.5. The fourth-order valence-corrected chi connectivity index (χ4v) is 3.21. The average molecular weight is 454 g/mol. The Bertz CT molecular complexity index is 1030. The van der Waals surface area contributed by atoms with Crippen LogP contribution in [0.5, 0.6) is 0 Å². The van der Waals surface area contributed by atoms with Gasteiger partial charge in [0.15, 0.2) is 0 Å². The normalized spacial score (nSPS) is 14.2. The van der Waals surface area contributed by atoms with Gasteiger partial charge in [-0.1, -0.05) is 26.0 Å². The third-order valence-corrected chi connectivity index (χ3v) is 5.77. The number of anilines is 1. The lowest BCUT2D eigenvalue weighted by Crippen LogP contribution is -2.27. The minimum absolute atomic E-state index is 0.0288. The maximum Gasteiger partial charge on any atom is 0.239 e. The summed E-state index contributed by atoms with van der Waals surface area (Å²) in [4.78, 5) is 8.86. The Morgan fingerprint density at radius 1 is 1.16 bits per heavy atom. The predicted molar refractivity (Wildman–Crippen MR) is 118 cm³/mol. The number of aromatic nitrogens is 2. The molecule has 0 saturated carbocycles. The van der Waals surface area contributed by atoms with Gasteiger partial charge in [-0.15, -0.1) is 0 Å². The standard InChI is InChI=1S/C21H28FN3O5S/c1-13(2)19-18(10-9-16(27)11-17(28)12-26)20(14-5-7-15(22)8-6-14)24-21(23-19)25(3)31(4,29)30/h5-10,13,16-17,26-28H,11-12H2,1-4H3/b10-9+/t16-,17-/m1/s1. The molecule has 8 nitrogen and oxygen atoms in total. The van der Waals surface area contributed by atoms with E-state index < -0.39 is 34.7 Å². The summed E-state index contributed by atoms with van der Waals surface area (Å²) in [6, 6.07) is 5.59. The fraction of sp³-hybridized carbons (Fsp3) is 0.429. The van der Waals surface area contributed by atoms with Gasteiger partial charge in [-0.3, -0.25) is 0 Å². The summed E-state index contributed by atoms with van der Waals surface area (Å²) >= 11 is 0. The lowest BCUT2D eigenvalue weighted by Gasteiger charge is -2.20. The van der Waals surface area contributed by atoms with Crippen LogP contribution in [-0.4, -0.2) is 65.8 Å². The van der Waals surface area contributed by atoms with Crippen LogP contribution >= 0.6 is 0 Å². The molecule has 0 bridgehead atoms. The third-order valence-electron chi connectivity index (χ3n) is 4.62. The van der Waals surface area contributed by atoms with Crippen molar-refractivity contribution >= 4 is 22.0 Å². The molecule has 0 aliphatic heterocycles. The molecule has 170 valence electrons. The molecule has 0 spiro atoms. The number of aliphatic hydroxyl groups excluding tert-OH is 3. The molecule has 1 heterocycles. The van der Waals surface area contributed by atoms with Gasteiger partial charge < -0.3 is 15.3 Å². The van der Waals surface area contributed by atoms with E-state index in [1.807, 2.05) is 13.8 Å². The summed E-state index contributed by atoms with van der Waals surface area (Å²) in [6.45, 7) is 3.28. The summed E-state index contributed by atoms with van der Waals surface area (Å²) in [5, 5.41) is 28.6. The highest BCUT2D eigenvalue weighted by atomic mass is 32.2. The van der Waals surface area contributed by atoms with Crippen LogP contribution in [0.3, 0.4) is 0 Å². The van der Waals surface area contributed by atoms with Crippen molar-refractivity contribution in [3.8, 4) is 11.3 Å². The zero-order valence-electron chi connectivity index (χ0n) is 17.9. The molecule has 1 aromatic heterocycles. The number of hydrogen-bond acceptors (Lipinski definition) is 7. The second-order valence-corrected chi connectivity index (χ2v) is 9.58. The summed E-state index contributed by atoms with van der Waals surface area (Å²) in [5.41, 5.74) is 1.98. The molecule has 31 heavy (non-hydrogen) atoms. The number of halogens is 1. The Balaban J connectivity index is 2.69. The van der Waals surface area contributed by atoms with Gasteiger partial charge in [0, 0.05) is 24.6 Å². The van der Waals surface area contributed by atoms with Gasteiger partial charge in [0.1, 0.15) is 5.82 Å². The number of rotatable bonds is 9. The van der Waals surface area contributed by atoms with Crippen molar-refractivity contribution in [3.63, 3.8) is 0 Å². The van der Waals surface area contributed by atoms with Crippen LogP contribution < -0.4 is 4.31 Å². The highest BCUT2D eigenvalue weighted by Gasteiger charge is 2.22. The second kappa shape index (κ2) is 10.3. The van der Waals surface area contributed by atoms with Gasteiger partial charge in [-0.05, 0) is 30.2 Å². The Morgan fingerprint density at radius 3 is 2.29 bits per heavy atom. The van der Waals surface area contributed by atoms with Gasteiger partial charge in [0.2, 0.25) is 16.0 Å². The van der Waals surface area contributed by atoms with Crippen LogP contribution in [0.25, 0.3) is 17.3 Å². The number of aliphatic hydroxyl groups is 3. The highest BCUT2D eigenvalue weighted by Crippen LogP contribution is 2.31. The van der Waals surface area contributed by atoms with Gasteiger partial charge in [-0.2, -0.15) is 0 Å². The first kappa shape index (κ1) is 24.9. The molecule has 3 N–H and O–H groups in total. The first-order valence-electron chi connectivity index (χ1n) is 9.71. The molecule has 10 heteroatoms. The van der Waals surface area contributed by atoms with Crippen LogP contribution in [-0.2, 0) is 10.0 Å². The number of sulfonamides is 1. The Morgan fingerprint density at radius 2 is 1.77 bits per heavy atom. The molecule has 0 aliphatic rings. The van der Waals surface area contributed by atoms with Crippen LogP contribution in [0.1, 0.15) is 37.4 Å². The average Bonchev–Trinajstić information content (AvgIpc) is 2.70. The molecule has 2 rings (SSSR count). The maximum absolute atomic E-state index is 13.5. The smallest absolute Gasteiger partial charge is 0.239 e. The van der Waals surface area contributed by atoms with Crippen molar-refractivity contribution in [2.24, 2.45) is 0 Å². The number of hydrogen-bond donors (Lipinski definition) is 3. The quantitative estimate of drug-likeness (QED) is 0.530. The van der Waals surface area contributed by atoms with Crippen molar-refractivity contribution in [1.29, 1.82) is 0 Å². The zero-order valence-corrected chi connectivity index (χ0v) is 18.7. The molecule has 2 aromatic rings. The van der Waals surface area contributed by atoms with E-state index in [1.54, 1.807) is 6.08 Å². The van der Waals surface area contributed by atoms with E-state index in [9.17, 15) is 23.0 Å². The van der Waals surface area contributed by atoms with Gasteiger partial charge in [0.25, 0.3) is 0 Å². The first-order valence-corrected chi connectivity index (χ1v) is 11.6. The van der Waals surface area contributed by atoms with E-state index in [4.69, 9.17) is 5.11 Å². The molecule has 1 aromatic carbocycles. The lowest BCUT2D eigenvalue weighted by molar-refractivity contribution is 0.0559. The predicted octanol–water partition coefficient (Wildman–Crippen LogP) is 1.92. The molecule has 0 radical (unpaired) electrons. The van der Waals surface area contributed by atoms with E-state index in [0.717, 1.165) is 10.6 Å². The van der Waals surface area contributed by atoms with Crippen LogP contribution in [0.15, 0.2) is 30.3 Å². The van der Waals surface area contributed by atoms with Crippen LogP contribution in [0.2, 0.25) is 0 Å². The Labute approximate surface area is 181 Å². The first-order chi connectivity index (χ1) is 14.4. The molecule has 0 fully saturated rings. The largest absolute Gasteiger partial charge is 0.394 e. The molecular weight excluding hydrogens is 425 g/mol. The summed E-state index contributed by atoms with van der Waals surface area (Å²) in [7, 11) is -2.27. The van der Waals surface area contributed by atoms with Crippen molar-refractivity contribution < 1.29 is 28.1 Å². The monoisotopic (exact) mass is 453 g/mol. The van der Waals surface area contributed by atoms with Crippen molar-refractivity contribution in [1.82, 2.24) is 9.97 Å². The Kier molecular flexibility index (Phi) is 8.24. The van der Waals surface area contributed by atoms with E-state index in [-0.39, 0.29) is 18.3 Å². The second-order valence-electron chi connectivity index (χ2n) is 7.56. The van der Waals surface area contributed by atoms with E-state index in [1.165, 1.54) is 37.4 Å². The SMILES string of the molecule is CC(C)c1nc(N(C)S(C)(=O)=O)nc(-c2ccc(F)cc2)c1/C=C/[C@@H](O)C[C@@H](O)CO. The Hall–Kier alpha value is -2.40. The zero-order chi connectivity index (χ0) is 23.3. The van der Waals surface area contributed by atoms with Crippen molar-refractivity contribution in [2.75, 3.05) is 24.2 Å². The summed E-state index contributed by atoms with van der Waals surface area (Å²) in [6.07, 6.45) is 1.90. The van der Waals surface area contributed by atoms with Gasteiger partial charge >= 0.3 is 0 Å².